The van der Waals surface area contributed by atoms with Crippen LogP contribution in [-0.4, -0.2) is 66.6 Å². The van der Waals surface area contributed by atoms with E-state index in [-0.39, 0.29) is 57.8 Å². The lowest BCUT2D eigenvalue weighted by Crippen LogP contribution is -2.48. The molecule has 0 bridgehead atoms. The number of nitrogens with zero attached hydrogens (tertiary/aromatic N) is 1. The fourth-order valence-electron chi connectivity index (χ4n) is 4.35. The predicted octanol–water partition coefficient (Wildman–Crippen LogP) is 3.55. The number of hydrogen-bond acceptors (Lipinski definition) is 8. The van der Waals surface area contributed by atoms with Crippen LogP contribution in [0.25, 0.3) is 0 Å². The topological polar surface area (TPSA) is 140 Å². The lowest BCUT2D eigenvalue weighted by atomic mass is 10.2. The van der Waals surface area contributed by atoms with Crippen molar-refractivity contribution in [1.82, 2.24) is 4.31 Å². The average Bonchev–Trinajstić information content (AvgIpc) is 2.92. The fraction of sp³-hybridized carbons (Fsp3) is 0.296. The minimum atomic E-state index is -4.07. The van der Waals surface area contributed by atoms with Gasteiger partial charge in [0.05, 0.1) is 47.6 Å². The number of hydrogen-bond donors (Lipinski definition) is 2. The van der Waals surface area contributed by atoms with Gasteiger partial charge in [0.2, 0.25) is 10.0 Å². The van der Waals surface area contributed by atoms with Gasteiger partial charge in [-0.2, -0.15) is 4.31 Å². The van der Waals surface area contributed by atoms with Crippen LogP contribution < -0.4 is 19.5 Å². The van der Waals surface area contributed by atoms with Crippen LogP contribution in [-0.2, 0) is 24.8 Å². The Balaban J connectivity index is 1.59. The maximum atomic E-state index is 13.3. The number of methoxy groups -OCH3 is 2. The molecular formula is C27H31N3O8S2. The third-order valence-corrected chi connectivity index (χ3v) is 9.39. The molecule has 13 heteroatoms. The number of carbonyl (C=O) groups excluding carboxylic acids is 1. The number of rotatable bonds is 9. The van der Waals surface area contributed by atoms with Gasteiger partial charge in [-0.15, -0.1) is 0 Å². The second-order valence-electron chi connectivity index (χ2n) is 9.23. The maximum Gasteiger partial charge on any atom is 0.262 e. The van der Waals surface area contributed by atoms with E-state index in [0.29, 0.717) is 5.75 Å². The van der Waals surface area contributed by atoms with Crippen molar-refractivity contribution in [2.24, 2.45) is 0 Å². The molecule has 214 valence electrons. The van der Waals surface area contributed by atoms with Crippen LogP contribution in [0.1, 0.15) is 24.2 Å². The molecule has 0 radical (unpaired) electrons. The number of nitrogens with one attached hydrogen (secondary N) is 2. The Bertz CT molecular complexity index is 1600. The van der Waals surface area contributed by atoms with Gasteiger partial charge in [-0.05, 0) is 62.4 Å². The van der Waals surface area contributed by atoms with Gasteiger partial charge >= 0.3 is 0 Å². The summed E-state index contributed by atoms with van der Waals surface area (Å²) < 4.78 is 72.8. The van der Waals surface area contributed by atoms with E-state index in [1.165, 1.54) is 61.0 Å². The normalized spacial score (nSPS) is 18.1. The average molecular weight is 590 g/mol. The van der Waals surface area contributed by atoms with Crippen LogP contribution in [0.3, 0.4) is 0 Å². The highest BCUT2D eigenvalue weighted by Gasteiger charge is 2.32. The summed E-state index contributed by atoms with van der Waals surface area (Å²) in [5.41, 5.74) is 0.394. The minimum Gasteiger partial charge on any atom is -0.495 e. The van der Waals surface area contributed by atoms with Crippen LogP contribution in [0.4, 0.5) is 11.4 Å². The molecule has 0 saturated carbocycles. The van der Waals surface area contributed by atoms with Crippen LogP contribution in [0, 0.1) is 0 Å². The van der Waals surface area contributed by atoms with E-state index in [1.807, 2.05) is 0 Å². The molecule has 2 atom stereocenters. The molecule has 1 aliphatic heterocycles. The monoisotopic (exact) mass is 589 g/mol. The summed E-state index contributed by atoms with van der Waals surface area (Å²) in [5, 5.41) is 2.64. The molecule has 1 amide bonds. The highest BCUT2D eigenvalue weighted by atomic mass is 32.2. The van der Waals surface area contributed by atoms with Gasteiger partial charge in [0.1, 0.15) is 11.5 Å². The minimum absolute atomic E-state index is 0.0363. The summed E-state index contributed by atoms with van der Waals surface area (Å²) in [6.45, 7) is 4.00. The van der Waals surface area contributed by atoms with Gasteiger partial charge < -0.3 is 19.5 Å². The Labute approximate surface area is 234 Å². The van der Waals surface area contributed by atoms with Gasteiger partial charge in [-0.1, -0.05) is 18.2 Å². The van der Waals surface area contributed by atoms with Crippen LogP contribution >= 0.6 is 0 Å². The highest BCUT2D eigenvalue weighted by Crippen LogP contribution is 2.31. The first-order chi connectivity index (χ1) is 18.9. The van der Waals surface area contributed by atoms with Crippen molar-refractivity contribution in [2.75, 3.05) is 37.3 Å². The SMILES string of the molecule is COc1ccc(S(=O)(=O)Nc2ccccc2OC)cc1NC(=O)c1cccc(S(=O)(=O)N2C[C@@H](C)O[C@H](C)C2)c1. The second kappa shape index (κ2) is 11.8. The van der Waals surface area contributed by atoms with Crippen LogP contribution in [0.2, 0.25) is 0 Å². The molecule has 1 saturated heterocycles. The summed E-state index contributed by atoms with van der Waals surface area (Å²) in [5.74, 6) is -0.0973. The third-order valence-electron chi connectivity index (χ3n) is 6.20. The number of benzene rings is 3. The van der Waals surface area contributed by atoms with Crippen molar-refractivity contribution < 1.29 is 35.8 Å². The second-order valence-corrected chi connectivity index (χ2v) is 12.8. The Morgan fingerprint density at radius 3 is 2.15 bits per heavy atom. The number of carbonyl (C=O) groups is 1. The smallest absolute Gasteiger partial charge is 0.262 e. The number of ether oxygens (including phenoxy) is 3. The van der Waals surface area contributed by atoms with E-state index < -0.39 is 26.0 Å². The summed E-state index contributed by atoms with van der Waals surface area (Å²) in [6.07, 6.45) is -0.531. The molecule has 1 aliphatic rings. The number of para-hydroxylation sites is 2. The zero-order chi connectivity index (χ0) is 29.1. The zero-order valence-corrected chi connectivity index (χ0v) is 24.1. The molecule has 2 N–H and O–H groups in total. The third kappa shape index (κ3) is 6.39. The van der Waals surface area contributed by atoms with Gasteiger partial charge in [0.15, 0.2) is 0 Å². The molecule has 1 fully saturated rings. The quantitative estimate of drug-likeness (QED) is 0.386. The van der Waals surface area contributed by atoms with E-state index in [2.05, 4.69) is 10.0 Å². The molecule has 11 nitrogen and oxygen atoms in total. The predicted molar refractivity (Wildman–Crippen MR) is 150 cm³/mol. The number of anilines is 2. The Hall–Kier alpha value is -3.65. The van der Waals surface area contributed by atoms with Crippen molar-refractivity contribution in [2.45, 2.75) is 35.8 Å². The van der Waals surface area contributed by atoms with E-state index in [1.54, 1.807) is 38.1 Å². The number of amides is 1. The zero-order valence-electron chi connectivity index (χ0n) is 22.4. The molecular weight excluding hydrogens is 558 g/mol. The van der Waals surface area contributed by atoms with Crippen LogP contribution in [0.5, 0.6) is 11.5 Å². The van der Waals surface area contributed by atoms with Crippen LogP contribution in [0.15, 0.2) is 76.5 Å². The maximum absolute atomic E-state index is 13.3. The molecule has 3 aromatic carbocycles. The molecule has 3 aromatic rings. The molecule has 0 aliphatic carbocycles. The largest absolute Gasteiger partial charge is 0.495 e. The summed E-state index contributed by atoms with van der Waals surface area (Å²) >= 11 is 0. The molecule has 4 rings (SSSR count). The van der Waals surface area contributed by atoms with E-state index >= 15 is 0 Å². The summed E-state index contributed by atoms with van der Waals surface area (Å²) in [7, 11) is -5.15. The molecule has 0 unspecified atom stereocenters. The van der Waals surface area contributed by atoms with Gasteiger partial charge in [0.25, 0.3) is 15.9 Å². The lowest BCUT2D eigenvalue weighted by molar-refractivity contribution is -0.0440. The molecule has 0 aromatic heterocycles. The van der Waals surface area contributed by atoms with E-state index in [0.717, 1.165) is 0 Å². The first kappa shape index (κ1) is 29.3. The standard InChI is InChI=1S/C27H31N3O8S2/c1-18-16-30(17-19(2)38-18)40(34,35)22-9-7-8-20(14-22)27(31)28-24-15-21(12-13-26(24)37-4)39(32,33)29-23-10-5-6-11-25(23)36-3/h5-15,18-19,29H,16-17H2,1-4H3,(H,28,31)/t18-,19-/m1/s1. The van der Waals surface area contributed by atoms with Crippen molar-refractivity contribution >= 4 is 37.3 Å². The molecule has 1 heterocycles. The first-order valence-corrected chi connectivity index (χ1v) is 15.3. The molecule has 40 heavy (non-hydrogen) atoms. The highest BCUT2D eigenvalue weighted by molar-refractivity contribution is 7.92. The summed E-state index contributed by atoms with van der Waals surface area (Å²) in [4.78, 5) is 13.0. The summed E-state index contributed by atoms with van der Waals surface area (Å²) in [6, 6.07) is 16.2. The van der Waals surface area contributed by atoms with Gasteiger partial charge in [-0.25, -0.2) is 16.8 Å². The van der Waals surface area contributed by atoms with E-state index in [9.17, 15) is 21.6 Å². The lowest BCUT2D eigenvalue weighted by Gasteiger charge is -2.34. The first-order valence-electron chi connectivity index (χ1n) is 12.4. The van der Waals surface area contributed by atoms with Gasteiger partial charge in [0, 0.05) is 18.7 Å². The number of sulfonamides is 2. The number of morpholine rings is 1. The Morgan fingerprint density at radius 2 is 1.48 bits per heavy atom. The van der Waals surface area contributed by atoms with Crippen molar-refractivity contribution in [3.05, 3.63) is 72.3 Å². The van der Waals surface area contributed by atoms with Gasteiger partial charge in [-0.3, -0.25) is 9.52 Å². The fourth-order valence-corrected chi connectivity index (χ4v) is 7.09. The molecule has 0 spiro atoms. The van der Waals surface area contributed by atoms with Crippen molar-refractivity contribution in [3.8, 4) is 11.5 Å². The van der Waals surface area contributed by atoms with Crippen molar-refractivity contribution in [3.63, 3.8) is 0 Å². The van der Waals surface area contributed by atoms with Crippen molar-refractivity contribution in [1.29, 1.82) is 0 Å². The Kier molecular flexibility index (Phi) is 8.68. The van der Waals surface area contributed by atoms with E-state index in [4.69, 9.17) is 14.2 Å². The Morgan fingerprint density at radius 1 is 0.825 bits per heavy atom.